The normalized spacial score (nSPS) is 13.3. The molecular formula is C17H21NO. The Kier molecular flexibility index (Phi) is 3.61. The largest absolute Gasteiger partial charge is 0.349 e. The highest BCUT2D eigenvalue weighted by molar-refractivity contribution is 5.87. The van der Waals surface area contributed by atoms with E-state index in [9.17, 15) is 4.79 Å². The fraction of sp³-hybridized carbons (Fsp3) is 0.353. The second-order valence-electron chi connectivity index (χ2n) is 6.01. The van der Waals surface area contributed by atoms with Gasteiger partial charge in [-0.1, -0.05) is 63.2 Å². The number of hydrogen-bond donors (Lipinski definition) is 1. The van der Waals surface area contributed by atoms with E-state index in [2.05, 4.69) is 29.6 Å². The zero-order chi connectivity index (χ0) is 14.0. The van der Waals surface area contributed by atoms with E-state index in [4.69, 9.17) is 0 Å². The molecule has 0 aromatic heterocycles. The molecule has 0 bridgehead atoms. The predicted octanol–water partition coefficient (Wildman–Crippen LogP) is 4.06. The molecule has 0 heterocycles. The first-order chi connectivity index (χ1) is 8.89. The quantitative estimate of drug-likeness (QED) is 0.861. The van der Waals surface area contributed by atoms with Gasteiger partial charge in [-0.2, -0.15) is 0 Å². The van der Waals surface area contributed by atoms with E-state index in [1.54, 1.807) is 0 Å². The third-order valence-corrected chi connectivity index (χ3v) is 3.32. The summed E-state index contributed by atoms with van der Waals surface area (Å²) >= 11 is 0. The van der Waals surface area contributed by atoms with Crippen LogP contribution in [0.5, 0.6) is 0 Å². The van der Waals surface area contributed by atoms with Crippen molar-refractivity contribution in [3.63, 3.8) is 0 Å². The smallest absolute Gasteiger partial charge is 0.225 e. The van der Waals surface area contributed by atoms with E-state index in [-0.39, 0.29) is 17.4 Å². The lowest BCUT2D eigenvalue weighted by molar-refractivity contribution is -0.129. The number of carbonyl (C=O) groups excluding carboxylic acids is 1. The zero-order valence-corrected chi connectivity index (χ0v) is 12.0. The van der Waals surface area contributed by atoms with Crippen LogP contribution in [0.2, 0.25) is 0 Å². The van der Waals surface area contributed by atoms with E-state index in [1.807, 2.05) is 45.9 Å². The van der Waals surface area contributed by atoms with Crippen molar-refractivity contribution in [3.8, 4) is 0 Å². The first kappa shape index (κ1) is 13.6. The summed E-state index contributed by atoms with van der Waals surface area (Å²) in [4.78, 5) is 12.1. The van der Waals surface area contributed by atoms with Crippen LogP contribution in [0.4, 0.5) is 0 Å². The van der Waals surface area contributed by atoms with Crippen LogP contribution in [-0.2, 0) is 4.79 Å². The number of fused-ring (bicyclic) bond motifs is 1. The molecule has 2 aromatic rings. The van der Waals surface area contributed by atoms with E-state index in [0.29, 0.717) is 0 Å². The van der Waals surface area contributed by atoms with Crippen LogP contribution in [-0.4, -0.2) is 5.91 Å². The molecule has 19 heavy (non-hydrogen) atoms. The monoisotopic (exact) mass is 255 g/mol. The van der Waals surface area contributed by atoms with Crippen molar-refractivity contribution in [2.75, 3.05) is 0 Å². The zero-order valence-electron chi connectivity index (χ0n) is 12.0. The highest BCUT2D eigenvalue weighted by atomic mass is 16.2. The number of benzene rings is 2. The third kappa shape index (κ3) is 2.95. The summed E-state index contributed by atoms with van der Waals surface area (Å²) in [5.41, 5.74) is 0.800. The maximum Gasteiger partial charge on any atom is 0.225 e. The predicted molar refractivity (Wildman–Crippen MR) is 80.0 cm³/mol. The minimum Gasteiger partial charge on any atom is -0.349 e. The Balaban J connectivity index is 2.32. The molecule has 2 rings (SSSR count). The molecule has 0 fully saturated rings. The van der Waals surface area contributed by atoms with Crippen LogP contribution in [0.25, 0.3) is 10.8 Å². The topological polar surface area (TPSA) is 29.1 Å². The molecule has 2 nitrogen and oxygen atoms in total. The van der Waals surface area contributed by atoms with Crippen LogP contribution in [0.3, 0.4) is 0 Å². The van der Waals surface area contributed by atoms with Crippen LogP contribution in [0, 0.1) is 5.41 Å². The van der Waals surface area contributed by atoms with Crippen molar-refractivity contribution in [2.24, 2.45) is 5.41 Å². The molecule has 0 aliphatic carbocycles. The standard InChI is InChI=1S/C17H21NO/c1-12(18-16(19)17(2,3)4)14-11-7-9-13-8-5-6-10-15(13)14/h5-12H,1-4H3,(H,18,19)/t12-/m0/s1. The van der Waals surface area contributed by atoms with Gasteiger partial charge in [0.15, 0.2) is 0 Å². The first-order valence-electron chi connectivity index (χ1n) is 6.68. The van der Waals surface area contributed by atoms with E-state index >= 15 is 0 Å². The summed E-state index contributed by atoms with van der Waals surface area (Å²) < 4.78 is 0. The molecule has 0 saturated carbocycles. The van der Waals surface area contributed by atoms with Crippen LogP contribution in [0.1, 0.15) is 39.3 Å². The van der Waals surface area contributed by atoms with Gasteiger partial charge in [0, 0.05) is 5.41 Å². The Morgan fingerprint density at radius 2 is 1.68 bits per heavy atom. The fourth-order valence-electron chi connectivity index (χ4n) is 2.12. The van der Waals surface area contributed by atoms with E-state index in [1.165, 1.54) is 10.8 Å². The molecule has 0 aliphatic rings. The molecule has 100 valence electrons. The molecular weight excluding hydrogens is 234 g/mol. The van der Waals surface area contributed by atoms with Crippen molar-refractivity contribution in [1.29, 1.82) is 0 Å². The lowest BCUT2D eigenvalue weighted by Gasteiger charge is -2.23. The SMILES string of the molecule is C[C@H](NC(=O)C(C)(C)C)c1cccc2ccccc12. The molecule has 0 unspecified atom stereocenters. The first-order valence-corrected chi connectivity index (χ1v) is 6.68. The summed E-state index contributed by atoms with van der Waals surface area (Å²) in [6, 6.07) is 14.5. The van der Waals surface area contributed by atoms with Crippen molar-refractivity contribution in [3.05, 3.63) is 48.0 Å². The average Bonchev–Trinajstić information content (AvgIpc) is 2.36. The van der Waals surface area contributed by atoms with Gasteiger partial charge in [0.05, 0.1) is 6.04 Å². The molecule has 0 spiro atoms. The van der Waals surface area contributed by atoms with E-state index < -0.39 is 0 Å². The van der Waals surface area contributed by atoms with Crippen molar-refractivity contribution >= 4 is 16.7 Å². The van der Waals surface area contributed by atoms with Crippen molar-refractivity contribution in [1.82, 2.24) is 5.32 Å². The molecule has 0 saturated heterocycles. The van der Waals surface area contributed by atoms with Gasteiger partial charge in [-0.15, -0.1) is 0 Å². The molecule has 1 amide bonds. The van der Waals surface area contributed by atoms with Gasteiger partial charge in [0.2, 0.25) is 5.91 Å². The van der Waals surface area contributed by atoms with Gasteiger partial charge >= 0.3 is 0 Å². The summed E-state index contributed by atoms with van der Waals surface area (Å²) in [5, 5.41) is 5.50. The van der Waals surface area contributed by atoms with Gasteiger partial charge in [0.25, 0.3) is 0 Å². The molecule has 0 radical (unpaired) electrons. The number of carbonyl (C=O) groups is 1. The lowest BCUT2D eigenvalue weighted by atomic mass is 9.94. The molecule has 1 atom stereocenters. The van der Waals surface area contributed by atoms with Gasteiger partial charge in [0.1, 0.15) is 0 Å². The van der Waals surface area contributed by atoms with Gasteiger partial charge < -0.3 is 5.32 Å². The Morgan fingerprint density at radius 3 is 2.37 bits per heavy atom. The van der Waals surface area contributed by atoms with E-state index in [0.717, 1.165) is 5.56 Å². The molecule has 2 aromatic carbocycles. The summed E-state index contributed by atoms with van der Waals surface area (Å²) in [5.74, 6) is 0.0768. The summed E-state index contributed by atoms with van der Waals surface area (Å²) in [6.07, 6.45) is 0. The number of amides is 1. The third-order valence-electron chi connectivity index (χ3n) is 3.32. The average molecular weight is 255 g/mol. The highest BCUT2D eigenvalue weighted by Crippen LogP contribution is 2.25. The summed E-state index contributed by atoms with van der Waals surface area (Å²) in [6.45, 7) is 7.82. The van der Waals surface area contributed by atoms with Crippen LogP contribution >= 0.6 is 0 Å². The number of rotatable bonds is 2. The maximum atomic E-state index is 12.1. The fourth-order valence-corrected chi connectivity index (χ4v) is 2.12. The van der Waals surface area contributed by atoms with Crippen LogP contribution < -0.4 is 5.32 Å². The second kappa shape index (κ2) is 5.04. The molecule has 0 aliphatic heterocycles. The van der Waals surface area contributed by atoms with Gasteiger partial charge in [-0.25, -0.2) is 0 Å². The minimum absolute atomic E-state index is 0.0119. The maximum absolute atomic E-state index is 12.1. The Labute approximate surface area is 114 Å². The Hall–Kier alpha value is -1.83. The summed E-state index contributed by atoms with van der Waals surface area (Å²) in [7, 11) is 0. The van der Waals surface area contributed by atoms with Gasteiger partial charge in [-0.3, -0.25) is 4.79 Å². The Morgan fingerprint density at radius 1 is 1.05 bits per heavy atom. The number of hydrogen-bond acceptors (Lipinski definition) is 1. The van der Waals surface area contributed by atoms with Gasteiger partial charge in [-0.05, 0) is 23.3 Å². The number of nitrogens with one attached hydrogen (secondary N) is 1. The highest BCUT2D eigenvalue weighted by Gasteiger charge is 2.23. The second-order valence-corrected chi connectivity index (χ2v) is 6.01. The van der Waals surface area contributed by atoms with Crippen molar-refractivity contribution < 1.29 is 4.79 Å². The Bertz CT molecular complexity index is 590. The molecule has 1 N–H and O–H groups in total. The van der Waals surface area contributed by atoms with Crippen molar-refractivity contribution in [2.45, 2.75) is 33.7 Å². The lowest BCUT2D eigenvalue weighted by Crippen LogP contribution is -2.36. The minimum atomic E-state index is -0.362. The van der Waals surface area contributed by atoms with Crippen LogP contribution in [0.15, 0.2) is 42.5 Å². The molecule has 2 heteroatoms.